The monoisotopic (exact) mass is 373 g/mol. The highest BCUT2D eigenvalue weighted by molar-refractivity contribution is 6.33. The summed E-state index contributed by atoms with van der Waals surface area (Å²) in [4.78, 5) is 39.5. The number of carbonyl (C=O) groups is 2. The van der Waals surface area contributed by atoms with Crippen LogP contribution in [0.4, 0.5) is 21.1 Å². The number of nitrogens with zero attached hydrogens (tertiary/aromatic N) is 3. The maximum Gasteiger partial charge on any atom is 0.426 e. The molecule has 0 N–H and O–H groups in total. The number of imide groups is 1. The second-order valence-corrected chi connectivity index (χ2v) is 7.43. The van der Waals surface area contributed by atoms with E-state index in [0.29, 0.717) is 4.90 Å². The molecule has 10 heteroatoms. The van der Waals surface area contributed by atoms with Crippen molar-refractivity contribution < 1.29 is 24.0 Å². The van der Waals surface area contributed by atoms with Crippen LogP contribution in [0.25, 0.3) is 0 Å². The van der Waals surface area contributed by atoms with Crippen LogP contribution in [-0.4, -0.2) is 33.3 Å². The summed E-state index contributed by atoms with van der Waals surface area (Å²) in [5.74, 6) is -0.582. The van der Waals surface area contributed by atoms with Gasteiger partial charge in [0, 0.05) is 6.20 Å². The molecule has 1 aromatic rings. The second kappa shape index (κ2) is 7.22. The summed E-state index contributed by atoms with van der Waals surface area (Å²) >= 11 is 5.83. The van der Waals surface area contributed by atoms with Crippen molar-refractivity contribution in [3.63, 3.8) is 0 Å². The van der Waals surface area contributed by atoms with Crippen LogP contribution in [0, 0.1) is 10.1 Å². The average Bonchev–Trinajstić information content (AvgIpc) is 2.33. The fourth-order valence-electron chi connectivity index (χ4n) is 1.62. The summed E-state index contributed by atoms with van der Waals surface area (Å²) in [6.45, 7) is 9.49. The van der Waals surface area contributed by atoms with Crippen molar-refractivity contribution in [1.82, 2.24) is 4.98 Å². The second-order valence-electron chi connectivity index (χ2n) is 7.02. The van der Waals surface area contributed by atoms with Crippen LogP contribution in [0.2, 0.25) is 5.02 Å². The molecule has 1 heterocycles. The van der Waals surface area contributed by atoms with Gasteiger partial charge in [-0.05, 0) is 47.6 Å². The van der Waals surface area contributed by atoms with Crippen LogP contribution in [0.3, 0.4) is 0 Å². The fraction of sp³-hybridized carbons (Fsp3) is 0.533. The molecule has 0 aliphatic rings. The minimum absolute atomic E-state index is 0.285. The zero-order valence-corrected chi connectivity index (χ0v) is 15.6. The van der Waals surface area contributed by atoms with Gasteiger partial charge in [-0.3, -0.25) is 10.1 Å². The number of hydrogen-bond donors (Lipinski definition) is 0. The van der Waals surface area contributed by atoms with Crippen LogP contribution in [0.15, 0.2) is 12.3 Å². The maximum atomic E-state index is 12.5. The molecule has 0 saturated carbocycles. The minimum Gasteiger partial charge on any atom is -0.443 e. The molecule has 25 heavy (non-hydrogen) atoms. The lowest BCUT2D eigenvalue weighted by atomic mass is 10.2. The van der Waals surface area contributed by atoms with Crippen LogP contribution < -0.4 is 4.90 Å². The molecule has 1 rings (SSSR count). The van der Waals surface area contributed by atoms with Gasteiger partial charge < -0.3 is 9.47 Å². The van der Waals surface area contributed by atoms with Gasteiger partial charge in [-0.25, -0.2) is 14.6 Å². The van der Waals surface area contributed by atoms with Crippen molar-refractivity contribution in [3.05, 3.63) is 27.4 Å². The molecule has 2 amide bonds. The number of carbonyl (C=O) groups excluding carboxylic acids is 2. The van der Waals surface area contributed by atoms with E-state index in [1.165, 1.54) is 6.07 Å². The summed E-state index contributed by atoms with van der Waals surface area (Å²) in [6, 6.07) is 1.17. The van der Waals surface area contributed by atoms with E-state index in [9.17, 15) is 19.7 Å². The highest BCUT2D eigenvalue weighted by Gasteiger charge is 2.38. The molecular weight excluding hydrogens is 354 g/mol. The molecule has 0 aliphatic heterocycles. The number of nitro groups is 1. The predicted molar refractivity (Wildman–Crippen MR) is 90.8 cm³/mol. The van der Waals surface area contributed by atoms with Crippen molar-refractivity contribution in [2.45, 2.75) is 52.7 Å². The van der Waals surface area contributed by atoms with E-state index >= 15 is 0 Å². The Hall–Kier alpha value is -2.42. The number of hydrogen-bond acceptors (Lipinski definition) is 7. The summed E-state index contributed by atoms with van der Waals surface area (Å²) in [6.07, 6.45) is -1.20. The zero-order valence-electron chi connectivity index (χ0n) is 14.8. The van der Waals surface area contributed by atoms with Crippen molar-refractivity contribution in [1.29, 1.82) is 0 Å². The Morgan fingerprint density at radius 2 is 1.56 bits per heavy atom. The van der Waals surface area contributed by atoms with Gasteiger partial charge >= 0.3 is 17.9 Å². The van der Waals surface area contributed by atoms with Crippen molar-refractivity contribution in [3.8, 4) is 0 Å². The van der Waals surface area contributed by atoms with Crippen LogP contribution in [-0.2, 0) is 9.47 Å². The molecule has 0 atom stereocenters. The normalized spacial score (nSPS) is 11.6. The SMILES string of the molecule is CC(C)(C)OC(=O)N(C(=O)OC(C)(C)C)c1nccc(Cl)c1[N+](=O)[O-]. The molecule has 0 unspecified atom stereocenters. The Kier molecular flexibility index (Phi) is 5.96. The quantitative estimate of drug-likeness (QED) is 0.560. The minimum atomic E-state index is -1.17. The number of aromatic nitrogens is 1. The summed E-state index contributed by atoms with van der Waals surface area (Å²) < 4.78 is 10.3. The van der Waals surface area contributed by atoms with Gasteiger partial charge in [0.25, 0.3) is 0 Å². The Bertz CT molecular complexity index is 665. The number of ether oxygens (including phenoxy) is 2. The lowest BCUT2D eigenvalue weighted by Crippen LogP contribution is -2.44. The van der Waals surface area contributed by atoms with Crippen LogP contribution in [0.5, 0.6) is 0 Å². The first-order valence-corrected chi connectivity index (χ1v) is 7.66. The largest absolute Gasteiger partial charge is 0.443 e. The smallest absolute Gasteiger partial charge is 0.426 e. The molecule has 0 radical (unpaired) electrons. The molecule has 0 saturated heterocycles. The highest BCUT2D eigenvalue weighted by Crippen LogP contribution is 2.34. The Morgan fingerprint density at radius 1 is 1.12 bits per heavy atom. The first-order valence-electron chi connectivity index (χ1n) is 7.28. The van der Waals surface area contributed by atoms with Gasteiger partial charge in [0.15, 0.2) is 0 Å². The molecule has 138 valence electrons. The third-order valence-corrected chi connectivity index (χ3v) is 2.71. The lowest BCUT2D eigenvalue weighted by Gasteiger charge is -2.27. The highest BCUT2D eigenvalue weighted by atomic mass is 35.5. The number of rotatable bonds is 2. The fourth-order valence-corrected chi connectivity index (χ4v) is 1.83. The molecule has 1 aromatic heterocycles. The van der Waals surface area contributed by atoms with E-state index < -0.39 is 39.8 Å². The molecule has 0 fully saturated rings. The average molecular weight is 374 g/mol. The molecule has 0 spiro atoms. The predicted octanol–water partition coefficient (Wildman–Crippen LogP) is 4.32. The number of amides is 2. The maximum absolute atomic E-state index is 12.5. The van der Waals surface area contributed by atoms with Crippen molar-refractivity contribution >= 4 is 35.3 Å². The van der Waals surface area contributed by atoms with E-state index in [-0.39, 0.29) is 5.02 Å². The lowest BCUT2D eigenvalue weighted by molar-refractivity contribution is -0.384. The van der Waals surface area contributed by atoms with E-state index in [1.807, 2.05) is 0 Å². The van der Waals surface area contributed by atoms with Gasteiger partial charge in [0.05, 0.1) is 4.92 Å². The summed E-state index contributed by atoms with van der Waals surface area (Å²) in [7, 11) is 0. The first-order chi connectivity index (χ1) is 11.2. The standard InChI is InChI=1S/C15H20ClN3O6/c1-14(2,3)24-12(20)18(13(21)25-15(4,5)6)11-10(19(22)23)9(16)7-8-17-11/h7-8H,1-6H3. The summed E-state index contributed by atoms with van der Waals surface area (Å²) in [5.41, 5.74) is -2.61. The Labute approximate surface area is 150 Å². The molecule has 0 bridgehead atoms. The van der Waals surface area contributed by atoms with E-state index in [0.717, 1.165) is 6.20 Å². The molecule has 0 aromatic carbocycles. The van der Waals surface area contributed by atoms with Gasteiger partial charge in [0.1, 0.15) is 16.2 Å². The Balaban J connectivity index is 3.47. The molecular formula is C15H20ClN3O6. The summed E-state index contributed by atoms with van der Waals surface area (Å²) in [5, 5.41) is 11.0. The van der Waals surface area contributed by atoms with E-state index in [2.05, 4.69) is 4.98 Å². The topological polar surface area (TPSA) is 112 Å². The molecule has 0 aliphatic carbocycles. The Morgan fingerprint density at radius 3 is 1.92 bits per heavy atom. The number of anilines is 1. The van der Waals surface area contributed by atoms with E-state index in [1.54, 1.807) is 41.5 Å². The van der Waals surface area contributed by atoms with E-state index in [4.69, 9.17) is 21.1 Å². The van der Waals surface area contributed by atoms with Gasteiger partial charge in [-0.2, -0.15) is 4.90 Å². The van der Waals surface area contributed by atoms with Gasteiger partial charge in [-0.1, -0.05) is 11.6 Å². The molecule has 9 nitrogen and oxygen atoms in total. The van der Waals surface area contributed by atoms with Gasteiger partial charge in [0.2, 0.25) is 5.82 Å². The van der Waals surface area contributed by atoms with Crippen molar-refractivity contribution in [2.24, 2.45) is 0 Å². The van der Waals surface area contributed by atoms with Crippen LogP contribution in [0.1, 0.15) is 41.5 Å². The number of pyridine rings is 1. The first kappa shape index (κ1) is 20.6. The third-order valence-electron chi connectivity index (χ3n) is 2.40. The van der Waals surface area contributed by atoms with Crippen LogP contribution >= 0.6 is 11.6 Å². The third kappa shape index (κ3) is 5.86. The zero-order chi connectivity index (χ0) is 19.6. The van der Waals surface area contributed by atoms with Crippen molar-refractivity contribution in [2.75, 3.05) is 4.90 Å². The number of halogens is 1. The van der Waals surface area contributed by atoms with Gasteiger partial charge in [-0.15, -0.1) is 0 Å².